The first kappa shape index (κ1) is 30.2. The maximum Gasteiger partial charge on any atom is 0.0709 e. The fourth-order valence-corrected chi connectivity index (χ4v) is 8.19. The van der Waals surface area contributed by atoms with E-state index in [0.717, 1.165) is 33.9 Å². The molecule has 0 fully saturated rings. The van der Waals surface area contributed by atoms with Crippen LogP contribution in [-0.4, -0.2) is 4.98 Å². The lowest BCUT2D eigenvalue weighted by atomic mass is 9.73. The van der Waals surface area contributed by atoms with Crippen LogP contribution in [0.15, 0.2) is 164 Å². The predicted molar refractivity (Wildman–Crippen MR) is 209 cm³/mol. The highest BCUT2D eigenvalue weighted by molar-refractivity contribution is 5.89. The molecule has 0 spiro atoms. The Bertz CT molecular complexity index is 2220. The lowest BCUT2D eigenvalue weighted by Gasteiger charge is -2.42. The molecule has 9 rings (SSSR count). The Morgan fingerprint density at radius 2 is 0.740 bits per heavy atom. The van der Waals surface area contributed by atoms with E-state index in [2.05, 4.69) is 201 Å². The summed E-state index contributed by atoms with van der Waals surface area (Å²) < 4.78 is 0. The van der Waals surface area contributed by atoms with E-state index in [1.807, 2.05) is 0 Å². The Balaban J connectivity index is 1.14. The maximum atomic E-state index is 5.32. The van der Waals surface area contributed by atoms with Crippen LogP contribution >= 0.6 is 0 Å². The monoisotopic (exact) mass is 645 g/mol. The average Bonchev–Trinajstić information content (AvgIpc) is 3.16. The lowest BCUT2D eigenvalue weighted by molar-refractivity contribution is 0.632. The van der Waals surface area contributed by atoms with Gasteiger partial charge in [0, 0.05) is 33.3 Å². The van der Waals surface area contributed by atoms with Gasteiger partial charge in [-0.3, -0.25) is 0 Å². The van der Waals surface area contributed by atoms with Crippen molar-refractivity contribution in [3.63, 3.8) is 0 Å². The van der Waals surface area contributed by atoms with Gasteiger partial charge in [-0.25, -0.2) is 4.98 Å². The van der Waals surface area contributed by atoms with Crippen molar-refractivity contribution >= 4 is 34.1 Å². The smallest absolute Gasteiger partial charge is 0.0709 e. The van der Waals surface area contributed by atoms with Gasteiger partial charge in [0.25, 0.3) is 0 Å². The van der Waals surface area contributed by atoms with Gasteiger partial charge in [-0.1, -0.05) is 119 Å². The second-order valence-electron chi connectivity index (χ2n) is 14.5. The highest BCUT2D eigenvalue weighted by Gasteiger charge is 2.38. The highest BCUT2D eigenvalue weighted by atomic mass is 15.2. The fraction of sp³-hybridized carbons (Fsp3) is 0.128. The Hall–Kier alpha value is -5.93. The second kappa shape index (κ2) is 11.3. The van der Waals surface area contributed by atoms with Gasteiger partial charge in [0.05, 0.1) is 34.1 Å². The molecular formula is C47H39N3. The van der Waals surface area contributed by atoms with Crippen LogP contribution in [0.4, 0.5) is 34.1 Å². The number of benzene rings is 6. The van der Waals surface area contributed by atoms with Crippen LogP contribution in [0.5, 0.6) is 0 Å². The minimum absolute atomic E-state index is 0.185. The van der Waals surface area contributed by atoms with Crippen molar-refractivity contribution in [2.75, 3.05) is 9.80 Å². The first-order chi connectivity index (χ1) is 24.3. The molecule has 0 saturated carbocycles. The van der Waals surface area contributed by atoms with Crippen LogP contribution in [0.1, 0.15) is 49.9 Å². The molecule has 0 saturated heterocycles. The maximum absolute atomic E-state index is 5.32. The van der Waals surface area contributed by atoms with Crippen molar-refractivity contribution in [2.45, 2.75) is 38.5 Å². The molecule has 2 aliphatic heterocycles. The molecule has 2 aliphatic rings. The molecule has 0 atom stereocenters. The molecule has 3 heteroatoms. The largest absolute Gasteiger partial charge is 0.310 e. The number of aromatic nitrogens is 1. The van der Waals surface area contributed by atoms with E-state index in [-0.39, 0.29) is 10.8 Å². The standard InChI is InChI=1S/C47H39N3/c1-46(2)36-20-11-13-24-42(36)49(34-16-7-5-8-17-34)44-28-26-32(30-38(44)46)40-22-15-23-41(48-40)33-27-29-45-39(31-33)47(3,4)37-21-12-14-25-43(37)50(45)35-18-9-6-10-19-35/h5-31H,1-4H3. The van der Waals surface area contributed by atoms with Crippen LogP contribution in [0.25, 0.3) is 22.5 Å². The van der Waals surface area contributed by atoms with E-state index in [0.29, 0.717) is 0 Å². The zero-order chi connectivity index (χ0) is 34.0. The van der Waals surface area contributed by atoms with Crippen LogP contribution in [-0.2, 0) is 10.8 Å². The van der Waals surface area contributed by atoms with Gasteiger partial charge < -0.3 is 9.80 Å². The summed E-state index contributed by atoms with van der Waals surface area (Å²) in [5.41, 5.74) is 16.2. The van der Waals surface area contributed by atoms with E-state index in [4.69, 9.17) is 4.98 Å². The summed E-state index contributed by atoms with van der Waals surface area (Å²) in [4.78, 5) is 10.1. The zero-order valence-electron chi connectivity index (χ0n) is 28.9. The van der Waals surface area contributed by atoms with Gasteiger partial charge in [0.1, 0.15) is 0 Å². The number of para-hydroxylation sites is 4. The van der Waals surface area contributed by atoms with Crippen molar-refractivity contribution in [3.05, 3.63) is 186 Å². The molecule has 1 aromatic heterocycles. The third-order valence-corrected chi connectivity index (χ3v) is 10.8. The number of pyridine rings is 1. The molecule has 0 N–H and O–H groups in total. The number of hydrogen-bond donors (Lipinski definition) is 0. The average molecular weight is 646 g/mol. The third kappa shape index (κ3) is 4.61. The van der Waals surface area contributed by atoms with Crippen LogP contribution in [0.3, 0.4) is 0 Å². The third-order valence-electron chi connectivity index (χ3n) is 10.8. The summed E-state index contributed by atoms with van der Waals surface area (Å²) in [6.45, 7) is 9.36. The lowest BCUT2D eigenvalue weighted by Crippen LogP contribution is -2.30. The summed E-state index contributed by atoms with van der Waals surface area (Å²) in [6, 6.07) is 59.1. The van der Waals surface area contributed by atoms with E-state index in [9.17, 15) is 0 Å². The molecule has 0 unspecified atom stereocenters. The number of rotatable bonds is 4. The van der Waals surface area contributed by atoms with Gasteiger partial charge in [0.2, 0.25) is 0 Å². The summed E-state index contributed by atoms with van der Waals surface area (Å²) in [7, 11) is 0. The van der Waals surface area contributed by atoms with E-state index in [1.54, 1.807) is 0 Å². The van der Waals surface area contributed by atoms with Crippen molar-refractivity contribution in [1.82, 2.24) is 4.98 Å². The molecule has 50 heavy (non-hydrogen) atoms. The van der Waals surface area contributed by atoms with Crippen molar-refractivity contribution in [1.29, 1.82) is 0 Å². The van der Waals surface area contributed by atoms with Crippen LogP contribution in [0.2, 0.25) is 0 Å². The summed E-state index contributed by atoms with van der Waals surface area (Å²) in [6.07, 6.45) is 0. The fourth-order valence-electron chi connectivity index (χ4n) is 8.19. The van der Waals surface area contributed by atoms with E-state index < -0.39 is 0 Å². The first-order valence-electron chi connectivity index (χ1n) is 17.5. The molecule has 242 valence electrons. The normalized spacial score (nSPS) is 15.0. The number of anilines is 6. The minimum atomic E-state index is -0.185. The van der Waals surface area contributed by atoms with Crippen molar-refractivity contribution < 1.29 is 0 Å². The van der Waals surface area contributed by atoms with Gasteiger partial charge in [-0.2, -0.15) is 0 Å². The topological polar surface area (TPSA) is 19.4 Å². The first-order valence-corrected chi connectivity index (χ1v) is 17.5. The zero-order valence-corrected chi connectivity index (χ0v) is 28.9. The minimum Gasteiger partial charge on any atom is -0.310 e. The van der Waals surface area contributed by atoms with Gasteiger partial charge in [-0.15, -0.1) is 0 Å². The molecule has 0 amide bonds. The summed E-state index contributed by atoms with van der Waals surface area (Å²) >= 11 is 0. The van der Waals surface area contributed by atoms with Crippen molar-refractivity contribution in [3.8, 4) is 22.5 Å². The number of fused-ring (bicyclic) bond motifs is 4. The van der Waals surface area contributed by atoms with Gasteiger partial charge >= 0.3 is 0 Å². The second-order valence-corrected chi connectivity index (χ2v) is 14.5. The number of nitrogens with zero attached hydrogens (tertiary/aromatic N) is 3. The molecule has 3 nitrogen and oxygen atoms in total. The molecule has 0 bridgehead atoms. The SMILES string of the molecule is CC1(C)c2ccccc2N(c2ccccc2)c2ccc(-c3cccc(-c4ccc5c(c4)C(C)(C)c4ccccc4N5c4ccccc4)n3)cc21. The molecule has 0 aliphatic carbocycles. The summed E-state index contributed by atoms with van der Waals surface area (Å²) in [5, 5.41) is 0. The van der Waals surface area contributed by atoms with Gasteiger partial charge in [0.15, 0.2) is 0 Å². The van der Waals surface area contributed by atoms with E-state index in [1.165, 1.54) is 45.0 Å². The Labute approximate surface area is 295 Å². The molecule has 0 radical (unpaired) electrons. The van der Waals surface area contributed by atoms with E-state index >= 15 is 0 Å². The molecule has 3 heterocycles. The van der Waals surface area contributed by atoms with Crippen LogP contribution < -0.4 is 9.80 Å². The van der Waals surface area contributed by atoms with Gasteiger partial charge in [-0.05, 0) is 95.1 Å². The van der Waals surface area contributed by atoms with Crippen LogP contribution in [0, 0.1) is 0 Å². The predicted octanol–water partition coefficient (Wildman–Crippen LogP) is 12.6. The van der Waals surface area contributed by atoms with Crippen molar-refractivity contribution in [2.24, 2.45) is 0 Å². The molecule has 6 aromatic carbocycles. The Morgan fingerprint density at radius 1 is 0.360 bits per heavy atom. The highest BCUT2D eigenvalue weighted by Crippen LogP contribution is 2.54. The Kier molecular flexibility index (Phi) is 6.82. The summed E-state index contributed by atoms with van der Waals surface area (Å²) in [5.74, 6) is 0. The Morgan fingerprint density at radius 3 is 1.18 bits per heavy atom. The molecular weight excluding hydrogens is 607 g/mol. The molecule has 7 aromatic rings. The quantitative estimate of drug-likeness (QED) is 0.190. The number of hydrogen-bond acceptors (Lipinski definition) is 3.